The number of anilines is 3. The number of carbonyl (C=O) groups excluding carboxylic acids is 3. The van der Waals surface area contributed by atoms with Gasteiger partial charge in [0, 0.05) is 24.3 Å². The second-order valence-electron chi connectivity index (χ2n) is 7.00. The molecular weight excluding hydrogens is 403 g/mol. The average Bonchev–Trinajstić information content (AvgIpc) is 3.28. The van der Waals surface area contributed by atoms with Crippen LogP contribution in [0.25, 0.3) is 0 Å². The van der Waals surface area contributed by atoms with Crippen molar-refractivity contribution in [3.05, 3.63) is 53.8 Å². The van der Waals surface area contributed by atoms with E-state index in [1.807, 2.05) is 6.07 Å². The monoisotopic (exact) mass is 428 g/mol. The molecule has 2 aromatic rings. The second-order valence-corrected chi connectivity index (χ2v) is 7.00. The van der Waals surface area contributed by atoms with E-state index in [0.29, 0.717) is 16.9 Å². The quantitative estimate of drug-likeness (QED) is 0.588. The van der Waals surface area contributed by atoms with Gasteiger partial charge in [-0.05, 0) is 62.2 Å². The van der Waals surface area contributed by atoms with Gasteiger partial charge in [0.1, 0.15) is 12.4 Å². The summed E-state index contributed by atoms with van der Waals surface area (Å²) in [5, 5.41) is 7.95. The van der Waals surface area contributed by atoms with Crippen LogP contribution in [0, 0.1) is 5.82 Å². The number of carbonyl (C=O) groups is 3. The van der Waals surface area contributed by atoms with Crippen LogP contribution in [0.15, 0.2) is 42.5 Å². The molecule has 0 unspecified atom stereocenters. The molecule has 0 spiro atoms. The van der Waals surface area contributed by atoms with E-state index in [4.69, 9.17) is 4.74 Å². The van der Waals surface area contributed by atoms with Crippen molar-refractivity contribution in [2.24, 2.45) is 0 Å². The predicted molar refractivity (Wildman–Crippen MR) is 116 cm³/mol. The Kier molecular flexibility index (Phi) is 7.42. The molecule has 9 heteroatoms. The lowest BCUT2D eigenvalue weighted by Gasteiger charge is -2.22. The number of amides is 3. The molecule has 1 aliphatic rings. The number of benzene rings is 2. The van der Waals surface area contributed by atoms with Gasteiger partial charge in [-0.15, -0.1) is 0 Å². The molecule has 0 saturated carbocycles. The lowest BCUT2D eigenvalue weighted by molar-refractivity contribution is -0.141. The molecule has 0 atom stereocenters. The molecular formula is C22H25FN4O4. The minimum Gasteiger partial charge on any atom is -0.465 e. The first-order chi connectivity index (χ1) is 15.0. The minimum atomic E-state index is -0.560. The highest BCUT2D eigenvalue weighted by Gasteiger charge is 2.18. The third kappa shape index (κ3) is 6.18. The third-order valence-corrected chi connectivity index (χ3v) is 4.75. The Balaban J connectivity index is 1.74. The molecule has 3 amide bonds. The van der Waals surface area contributed by atoms with E-state index in [9.17, 15) is 18.8 Å². The Morgan fingerprint density at radius 3 is 2.42 bits per heavy atom. The fourth-order valence-electron chi connectivity index (χ4n) is 3.28. The Morgan fingerprint density at radius 1 is 1.03 bits per heavy atom. The lowest BCUT2D eigenvalue weighted by atomic mass is 10.2. The summed E-state index contributed by atoms with van der Waals surface area (Å²) < 4.78 is 17.9. The van der Waals surface area contributed by atoms with Crippen LogP contribution < -0.4 is 20.9 Å². The normalized spacial score (nSPS) is 12.9. The number of hydrogen-bond donors (Lipinski definition) is 3. The molecule has 3 N–H and O–H groups in total. The van der Waals surface area contributed by atoms with Crippen molar-refractivity contribution in [3.63, 3.8) is 0 Å². The van der Waals surface area contributed by atoms with E-state index < -0.39 is 23.7 Å². The van der Waals surface area contributed by atoms with Crippen LogP contribution in [0.3, 0.4) is 0 Å². The standard InChI is InChI=1S/C22H25FN4O4/c1-2-31-20(28)14-24-22(30)26-18-13-17(9-10-19(18)27-11-3-4-12-27)25-21(29)15-5-7-16(23)8-6-15/h5-10,13H,2-4,11-12,14H2,1H3,(H,25,29)(H2,24,26,30). The van der Waals surface area contributed by atoms with E-state index in [1.165, 1.54) is 24.3 Å². The van der Waals surface area contributed by atoms with Crippen molar-refractivity contribution in [2.75, 3.05) is 41.8 Å². The zero-order valence-corrected chi connectivity index (χ0v) is 17.2. The fraction of sp³-hybridized carbons (Fsp3) is 0.318. The van der Waals surface area contributed by atoms with Crippen LogP contribution in [0.4, 0.5) is 26.2 Å². The van der Waals surface area contributed by atoms with Gasteiger partial charge in [-0.2, -0.15) is 0 Å². The molecule has 1 aliphatic heterocycles. The molecule has 2 aromatic carbocycles. The van der Waals surface area contributed by atoms with Crippen molar-refractivity contribution >= 4 is 35.0 Å². The number of ether oxygens (including phenoxy) is 1. The maximum atomic E-state index is 13.1. The molecule has 164 valence electrons. The zero-order chi connectivity index (χ0) is 22.2. The number of hydrogen-bond acceptors (Lipinski definition) is 5. The summed E-state index contributed by atoms with van der Waals surface area (Å²) in [6, 6.07) is 9.88. The van der Waals surface area contributed by atoms with Crippen LogP contribution in [0.1, 0.15) is 30.1 Å². The topological polar surface area (TPSA) is 99.8 Å². The lowest BCUT2D eigenvalue weighted by Crippen LogP contribution is -2.34. The van der Waals surface area contributed by atoms with E-state index in [1.54, 1.807) is 19.1 Å². The molecule has 1 fully saturated rings. The van der Waals surface area contributed by atoms with Gasteiger partial charge in [0.2, 0.25) is 0 Å². The minimum absolute atomic E-state index is 0.233. The highest BCUT2D eigenvalue weighted by atomic mass is 19.1. The molecule has 0 aliphatic carbocycles. The van der Waals surface area contributed by atoms with Gasteiger partial charge in [-0.25, -0.2) is 9.18 Å². The first-order valence-corrected chi connectivity index (χ1v) is 10.1. The summed E-state index contributed by atoms with van der Waals surface area (Å²) in [5.41, 5.74) is 2.11. The maximum Gasteiger partial charge on any atom is 0.325 e. The van der Waals surface area contributed by atoms with Gasteiger partial charge in [-0.1, -0.05) is 0 Å². The van der Waals surface area contributed by atoms with Crippen LogP contribution in [0.5, 0.6) is 0 Å². The van der Waals surface area contributed by atoms with Gasteiger partial charge >= 0.3 is 12.0 Å². The first kappa shape index (κ1) is 22.1. The van der Waals surface area contributed by atoms with Crippen LogP contribution in [-0.2, 0) is 9.53 Å². The number of nitrogens with zero attached hydrogens (tertiary/aromatic N) is 1. The van der Waals surface area contributed by atoms with E-state index in [0.717, 1.165) is 31.6 Å². The summed E-state index contributed by atoms with van der Waals surface area (Å²) in [4.78, 5) is 38.4. The molecule has 31 heavy (non-hydrogen) atoms. The van der Waals surface area contributed by atoms with Crippen LogP contribution in [0.2, 0.25) is 0 Å². The van der Waals surface area contributed by atoms with Crippen LogP contribution in [-0.4, -0.2) is 44.1 Å². The van der Waals surface area contributed by atoms with Crippen LogP contribution >= 0.6 is 0 Å². The predicted octanol–water partition coefficient (Wildman–Crippen LogP) is 3.36. The SMILES string of the molecule is CCOC(=O)CNC(=O)Nc1cc(NC(=O)c2ccc(F)cc2)ccc1N1CCCC1. The van der Waals surface area contributed by atoms with E-state index >= 15 is 0 Å². The molecule has 0 radical (unpaired) electrons. The van der Waals surface area contributed by atoms with Crippen molar-refractivity contribution in [1.29, 1.82) is 0 Å². The van der Waals surface area contributed by atoms with Gasteiger partial charge in [0.05, 0.1) is 18.0 Å². The smallest absolute Gasteiger partial charge is 0.325 e. The zero-order valence-electron chi connectivity index (χ0n) is 17.2. The number of halogens is 1. The van der Waals surface area contributed by atoms with Crippen molar-refractivity contribution in [1.82, 2.24) is 5.32 Å². The summed E-state index contributed by atoms with van der Waals surface area (Å²) in [7, 11) is 0. The molecule has 3 rings (SSSR count). The van der Waals surface area contributed by atoms with E-state index in [2.05, 4.69) is 20.9 Å². The molecule has 1 heterocycles. The number of esters is 1. The Bertz CT molecular complexity index is 943. The van der Waals surface area contributed by atoms with Crippen molar-refractivity contribution in [2.45, 2.75) is 19.8 Å². The molecule has 8 nitrogen and oxygen atoms in total. The van der Waals surface area contributed by atoms with Gasteiger partial charge in [0.25, 0.3) is 5.91 Å². The number of urea groups is 1. The average molecular weight is 428 g/mol. The van der Waals surface area contributed by atoms with Gasteiger partial charge < -0.3 is 25.6 Å². The Labute approximate surface area is 179 Å². The largest absolute Gasteiger partial charge is 0.465 e. The van der Waals surface area contributed by atoms with Gasteiger partial charge in [0.15, 0.2) is 0 Å². The van der Waals surface area contributed by atoms with Crippen molar-refractivity contribution < 1.29 is 23.5 Å². The second kappa shape index (κ2) is 10.4. The fourth-order valence-corrected chi connectivity index (χ4v) is 3.28. The van der Waals surface area contributed by atoms with Crippen molar-refractivity contribution in [3.8, 4) is 0 Å². The number of nitrogens with one attached hydrogen (secondary N) is 3. The molecule has 1 saturated heterocycles. The Hall–Kier alpha value is -3.62. The highest BCUT2D eigenvalue weighted by Crippen LogP contribution is 2.32. The molecule has 0 aromatic heterocycles. The molecule has 0 bridgehead atoms. The number of rotatable bonds is 7. The third-order valence-electron chi connectivity index (χ3n) is 4.75. The summed E-state index contributed by atoms with van der Waals surface area (Å²) in [6.45, 7) is 3.39. The van der Waals surface area contributed by atoms with Gasteiger partial charge in [-0.3, -0.25) is 9.59 Å². The summed E-state index contributed by atoms with van der Waals surface area (Å²) in [6.07, 6.45) is 2.11. The van der Waals surface area contributed by atoms with E-state index in [-0.39, 0.29) is 13.2 Å². The summed E-state index contributed by atoms with van der Waals surface area (Å²) in [5.74, 6) is -1.35. The maximum absolute atomic E-state index is 13.1. The summed E-state index contributed by atoms with van der Waals surface area (Å²) >= 11 is 0. The Morgan fingerprint density at radius 2 is 1.74 bits per heavy atom. The highest BCUT2D eigenvalue weighted by molar-refractivity contribution is 6.05. The first-order valence-electron chi connectivity index (χ1n) is 10.1.